The first kappa shape index (κ1) is 12.7. The molecule has 1 aliphatic rings. The number of nitrogens with zero attached hydrogens (tertiary/aromatic N) is 1. The molecule has 1 aromatic rings. The zero-order chi connectivity index (χ0) is 13.3. The fourth-order valence-corrected chi connectivity index (χ4v) is 1.94. The van der Waals surface area contributed by atoms with Crippen LogP contribution in [0.2, 0.25) is 0 Å². The van der Waals surface area contributed by atoms with E-state index in [1.165, 1.54) is 0 Å². The minimum Gasteiger partial charge on any atom is -0.508 e. The molecule has 1 heterocycles. The second-order valence-corrected chi connectivity index (χ2v) is 5.68. The minimum atomic E-state index is -0.451. The van der Waals surface area contributed by atoms with E-state index < -0.39 is 5.60 Å². The number of aromatic hydroxyl groups is 1. The largest absolute Gasteiger partial charge is 0.508 e. The molecule has 0 unspecified atom stereocenters. The highest BCUT2D eigenvalue weighted by molar-refractivity contribution is 5.69. The molecule has 0 bridgehead atoms. The second kappa shape index (κ2) is 4.52. The standard InChI is InChI=1S/C14H19NO3/c1-14(2,3)18-13(17)15-8-11(9-15)10-5-4-6-12(16)7-10/h4-7,11,16H,8-9H2,1-3H3. The van der Waals surface area contributed by atoms with E-state index in [1.807, 2.05) is 32.9 Å². The fraction of sp³-hybridized carbons (Fsp3) is 0.500. The Hall–Kier alpha value is -1.71. The van der Waals surface area contributed by atoms with Gasteiger partial charge in [-0.2, -0.15) is 0 Å². The number of amides is 1. The maximum absolute atomic E-state index is 11.7. The van der Waals surface area contributed by atoms with E-state index in [-0.39, 0.29) is 11.8 Å². The zero-order valence-electron chi connectivity index (χ0n) is 11.0. The maximum atomic E-state index is 11.7. The normalized spacial score (nSPS) is 16.3. The molecule has 1 fully saturated rings. The van der Waals surface area contributed by atoms with Crippen LogP contribution in [-0.4, -0.2) is 34.8 Å². The molecule has 1 N–H and O–H groups in total. The van der Waals surface area contributed by atoms with Crippen LogP contribution in [0, 0.1) is 0 Å². The number of carbonyl (C=O) groups is 1. The van der Waals surface area contributed by atoms with Crippen molar-refractivity contribution in [2.24, 2.45) is 0 Å². The highest BCUT2D eigenvalue weighted by Gasteiger charge is 2.34. The lowest BCUT2D eigenvalue weighted by molar-refractivity contribution is 0.00819. The molecule has 1 amide bonds. The number of hydrogen-bond donors (Lipinski definition) is 1. The predicted octanol–water partition coefficient (Wildman–Crippen LogP) is 2.73. The average Bonchev–Trinajstić information content (AvgIpc) is 2.11. The van der Waals surface area contributed by atoms with E-state index in [1.54, 1.807) is 17.0 Å². The summed E-state index contributed by atoms with van der Waals surface area (Å²) in [5.74, 6) is 0.563. The molecule has 0 atom stereocenters. The van der Waals surface area contributed by atoms with E-state index in [9.17, 15) is 9.90 Å². The molecular weight excluding hydrogens is 230 g/mol. The molecule has 0 saturated carbocycles. The highest BCUT2D eigenvalue weighted by atomic mass is 16.6. The summed E-state index contributed by atoms with van der Waals surface area (Å²) in [6, 6.07) is 7.18. The van der Waals surface area contributed by atoms with Gasteiger partial charge in [0.15, 0.2) is 0 Å². The summed E-state index contributed by atoms with van der Waals surface area (Å²) in [5.41, 5.74) is 0.613. The van der Waals surface area contributed by atoms with Gasteiger partial charge in [0.05, 0.1) is 0 Å². The van der Waals surface area contributed by atoms with Gasteiger partial charge in [-0.3, -0.25) is 0 Å². The van der Waals surface area contributed by atoms with Gasteiger partial charge in [0, 0.05) is 19.0 Å². The zero-order valence-corrected chi connectivity index (χ0v) is 11.0. The SMILES string of the molecule is CC(C)(C)OC(=O)N1CC(c2cccc(O)c2)C1. The summed E-state index contributed by atoms with van der Waals surface area (Å²) >= 11 is 0. The topological polar surface area (TPSA) is 49.8 Å². The van der Waals surface area contributed by atoms with Gasteiger partial charge in [0.2, 0.25) is 0 Å². The van der Waals surface area contributed by atoms with Crippen molar-refractivity contribution >= 4 is 6.09 Å². The number of benzene rings is 1. The Morgan fingerprint density at radius 3 is 2.61 bits per heavy atom. The molecule has 1 aliphatic heterocycles. The molecule has 4 nitrogen and oxygen atoms in total. The maximum Gasteiger partial charge on any atom is 0.410 e. The van der Waals surface area contributed by atoms with Gasteiger partial charge < -0.3 is 14.7 Å². The first-order valence-electron chi connectivity index (χ1n) is 6.12. The summed E-state index contributed by atoms with van der Waals surface area (Å²) in [7, 11) is 0. The van der Waals surface area contributed by atoms with Crippen molar-refractivity contribution in [1.82, 2.24) is 4.90 Å². The smallest absolute Gasteiger partial charge is 0.410 e. The number of rotatable bonds is 1. The van der Waals surface area contributed by atoms with Gasteiger partial charge in [-0.15, -0.1) is 0 Å². The number of phenolic OH excluding ortho intramolecular Hbond substituents is 1. The molecule has 1 aromatic carbocycles. The summed E-state index contributed by atoms with van der Waals surface area (Å²) < 4.78 is 5.29. The monoisotopic (exact) mass is 249 g/mol. The van der Waals surface area contributed by atoms with E-state index in [4.69, 9.17) is 4.74 Å². The molecule has 4 heteroatoms. The molecule has 18 heavy (non-hydrogen) atoms. The highest BCUT2D eigenvalue weighted by Crippen LogP contribution is 2.29. The van der Waals surface area contributed by atoms with Crippen LogP contribution < -0.4 is 0 Å². The van der Waals surface area contributed by atoms with Crippen LogP contribution in [0.4, 0.5) is 4.79 Å². The molecule has 0 aliphatic carbocycles. The van der Waals surface area contributed by atoms with Gasteiger partial charge in [0.25, 0.3) is 0 Å². The van der Waals surface area contributed by atoms with Crippen LogP contribution in [-0.2, 0) is 4.74 Å². The summed E-state index contributed by atoms with van der Waals surface area (Å²) in [6.07, 6.45) is -0.265. The number of ether oxygens (including phenoxy) is 1. The van der Waals surface area contributed by atoms with E-state index in [0.29, 0.717) is 19.0 Å². The Balaban J connectivity index is 1.89. The Morgan fingerprint density at radius 1 is 1.39 bits per heavy atom. The van der Waals surface area contributed by atoms with Crippen molar-refractivity contribution in [3.8, 4) is 5.75 Å². The summed E-state index contributed by atoms with van der Waals surface area (Å²) in [5, 5.41) is 9.40. The van der Waals surface area contributed by atoms with Gasteiger partial charge in [-0.25, -0.2) is 4.79 Å². The molecule has 98 valence electrons. The minimum absolute atomic E-state index is 0.265. The van der Waals surface area contributed by atoms with Crippen molar-refractivity contribution < 1.29 is 14.6 Å². The van der Waals surface area contributed by atoms with Crippen LogP contribution in [0.3, 0.4) is 0 Å². The first-order chi connectivity index (χ1) is 8.35. The van der Waals surface area contributed by atoms with E-state index >= 15 is 0 Å². The van der Waals surface area contributed by atoms with Crippen molar-refractivity contribution in [2.45, 2.75) is 32.3 Å². The van der Waals surface area contributed by atoms with Crippen LogP contribution >= 0.6 is 0 Å². The Morgan fingerprint density at radius 2 is 2.06 bits per heavy atom. The molecule has 0 spiro atoms. The Labute approximate surface area is 107 Å². The Kier molecular flexibility index (Phi) is 3.20. The van der Waals surface area contributed by atoms with Crippen molar-refractivity contribution in [1.29, 1.82) is 0 Å². The summed E-state index contributed by atoms with van der Waals surface area (Å²) in [4.78, 5) is 13.4. The predicted molar refractivity (Wildman–Crippen MR) is 68.7 cm³/mol. The second-order valence-electron chi connectivity index (χ2n) is 5.68. The molecule has 2 rings (SSSR count). The van der Waals surface area contributed by atoms with Crippen molar-refractivity contribution in [2.75, 3.05) is 13.1 Å². The number of likely N-dealkylation sites (tertiary alicyclic amines) is 1. The quantitative estimate of drug-likeness (QED) is 0.832. The third kappa shape index (κ3) is 2.94. The average molecular weight is 249 g/mol. The number of phenols is 1. The van der Waals surface area contributed by atoms with Crippen molar-refractivity contribution in [3.63, 3.8) is 0 Å². The molecule has 1 saturated heterocycles. The molecule has 0 aromatic heterocycles. The summed E-state index contributed by atoms with van der Waals surface area (Å²) in [6.45, 7) is 6.88. The van der Waals surface area contributed by atoms with Gasteiger partial charge in [-0.05, 0) is 38.5 Å². The third-order valence-electron chi connectivity index (χ3n) is 2.87. The number of carbonyl (C=O) groups excluding carboxylic acids is 1. The lowest BCUT2D eigenvalue weighted by Gasteiger charge is -2.40. The van der Waals surface area contributed by atoms with Crippen molar-refractivity contribution in [3.05, 3.63) is 29.8 Å². The molecular formula is C14H19NO3. The third-order valence-corrected chi connectivity index (χ3v) is 2.87. The van der Waals surface area contributed by atoms with Crippen LogP contribution in [0.5, 0.6) is 5.75 Å². The number of hydrogen-bond acceptors (Lipinski definition) is 3. The van der Waals surface area contributed by atoms with Crippen LogP contribution in [0.15, 0.2) is 24.3 Å². The lowest BCUT2D eigenvalue weighted by Crippen LogP contribution is -2.50. The van der Waals surface area contributed by atoms with Gasteiger partial charge in [-0.1, -0.05) is 12.1 Å². The molecule has 0 radical (unpaired) electrons. The Bertz CT molecular complexity index is 445. The van der Waals surface area contributed by atoms with Crippen LogP contribution in [0.1, 0.15) is 32.3 Å². The van der Waals surface area contributed by atoms with Crippen LogP contribution in [0.25, 0.3) is 0 Å². The lowest BCUT2D eigenvalue weighted by atomic mass is 9.92. The van der Waals surface area contributed by atoms with Gasteiger partial charge >= 0.3 is 6.09 Å². The van der Waals surface area contributed by atoms with E-state index in [0.717, 1.165) is 5.56 Å². The fourth-order valence-electron chi connectivity index (χ4n) is 1.94. The first-order valence-corrected chi connectivity index (χ1v) is 6.12. The van der Waals surface area contributed by atoms with Gasteiger partial charge in [0.1, 0.15) is 11.4 Å². The van der Waals surface area contributed by atoms with E-state index in [2.05, 4.69) is 0 Å².